The summed E-state index contributed by atoms with van der Waals surface area (Å²) in [4.78, 5) is 2.56. The van der Waals surface area contributed by atoms with Gasteiger partial charge < -0.3 is 10.5 Å². The van der Waals surface area contributed by atoms with Crippen LogP contribution >= 0.6 is 0 Å². The van der Waals surface area contributed by atoms with Gasteiger partial charge in [-0.1, -0.05) is 20.8 Å². The Kier molecular flexibility index (Phi) is 5.22. The number of hydrogen-bond donors (Lipinski definition) is 1. The molecular formula is C13H28N2O. The van der Waals surface area contributed by atoms with Gasteiger partial charge >= 0.3 is 0 Å². The lowest BCUT2D eigenvalue weighted by atomic mass is 9.84. The first-order valence-electron chi connectivity index (χ1n) is 6.53. The smallest absolute Gasteiger partial charge is 0.0658 e. The van der Waals surface area contributed by atoms with Crippen LogP contribution in [0.4, 0.5) is 0 Å². The summed E-state index contributed by atoms with van der Waals surface area (Å²) in [6, 6.07) is 0. The van der Waals surface area contributed by atoms with E-state index in [-0.39, 0.29) is 5.54 Å². The second-order valence-corrected chi connectivity index (χ2v) is 5.40. The van der Waals surface area contributed by atoms with Crippen molar-refractivity contribution in [3.8, 4) is 0 Å². The lowest BCUT2D eigenvalue weighted by Crippen LogP contribution is -2.59. The molecule has 0 radical (unpaired) electrons. The minimum atomic E-state index is 0.0587. The Balaban J connectivity index is 2.71. The number of piperidine rings is 1. The number of ether oxygens (including phenoxy) is 1. The molecule has 3 atom stereocenters. The van der Waals surface area contributed by atoms with Crippen LogP contribution in [0.1, 0.15) is 33.6 Å². The standard InChI is InChI=1S/C13H28N2O/c1-5-13(9-14,10-16-4)15-7-6-11(2)12(3)8-15/h11-12H,5-10,14H2,1-4H3. The molecular weight excluding hydrogens is 200 g/mol. The molecule has 1 aliphatic heterocycles. The van der Waals surface area contributed by atoms with Crippen LogP contribution < -0.4 is 5.73 Å². The third-order valence-electron chi connectivity index (χ3n) is 4.46. The van der Waals surface area contributed by atoms with Crippen molar-refractivity contribution >= 4 is 0 Å². The molecule has 16 heavy (non-hydrogen) atoms. The second kappa shape index (κ2) is 5.99. The van der Waals surface area contributed by atoms with Crippen LogP contribution in [0.5, 0.6) is 0 Å². The van der Waals surface area contributed by atoms with Gasteiger partial charge in [-0.15, -0.1) is 0 Å². The Labute approximate surface area is 100 Å². The molecule has 2 N–H and O–H groups in total. The van der Waals surface area contributed by atoms with E-state index in [0.29, 0.717) is 6.54 Å². The molecule has 0 saturated carbocycles. The van der Waals surface area contributed by atoms with Crippen LogP contribution in [0.15, 0.2) is 0 Å². The van der Waals surface area contributed by atoms with Gasteiger partial charge in [0.2, 0.25) is 0 Å². The van der Waals surface area contributed by atoms with E-state index in [0.717, 1.165) is 31.4 Å². The molecule has 0 aromatic heterocycles. The maximum absolute atomic E-state index is 5.99. The van der Waals surface area contributed by atoms with Crippen molar-refractivity contribution in [3.63, 3.8) is 0 Å². The van der Waals surface area contributed by atoms with Gasteiger partial charge in [-0.2, -0.15) is 0 Å². The van der Waals surface area contributed by atoms with E-state index in [1.54, 1.807) is 7.11 Å². The summed E-state index contributed by atoms with van der Waals surface area (Å²) in [6.07, 6.45) is 2.35. The third kappa shape index (κ3) is 2.76. The van der Waals surface area contributed by atoms with Gasteiger partial charge in [0.1, 0.15) is 0 Å². The summed E-state index contributed by atoms with van der Waals surface area (Å²) in [5.41, 5.74) is 6.05. The molecule has 96 valence electrons. The molecule has 1 rings (SSSR count). The molecule has 1 saturated heterocycles. The highest BCUT2D eigenvalue weighted by molar-refractivity contribution is 4.93. The average Bonchev–Trinajstić information content (AvgIpc) is 2.30. The van der Waals surface area contributed by atoms with Crippen molar-refractivity contribution in [3.05, 3.63) is 0 Å². The molecule has 0 aromatic rings. The van der Waals surface area contributed by atoms with Crippen LogP contribution in [0, 0.1) is 11.8 Å². The summed E-state index contributed by atoms with van der Waals surface area (Å²) in [7, 11) is 1.77. The number of nitrogens with two attached hydrogens (primary N) is 1. The minimum absolute atomic E-state index is 0.0587. The Morgan fingerprint density at radius 1 is 1.38 bits per heavy atom. The fraction of sp³-hybridized carbons (Fsp3) is 1.00. The molecule has 3 unspecified atom stereocenters. The fourth-order valence-corrected chi connectivity index (χ4v) is 2.71. The lowest BCUT2D eigenvalue weighted by Gasteiger charge is -2.47. The molecule has 0 aliphatic carbocycles. The molecule has 0 amide bonds. The molecule has 0 bridgehead atoms. The van der Waals surface area contributed by atoms with Gasteiger partial charge in [0.15, 0.2) is 0 Å². The van der Waals surface area contributed by atoms with E-state index < -0.39 is 0 Å². The van der Waals surface area contributed by atoms with E-state index in [1.165, 1.54) is 13.0 Å². The summed E-state index contributed by atoms with van der Waals surface area (Å²) < 4.78 is 5.38. The normalized spacial score (nSPS) is 31.3. The molecule has 3 nitrogen and oxygen atoms in total. The van der Waals surface area contributed by atoms with Crippen LogP contribution in [0.3, 0.4) is 0 Å². The molecule has 0 aromatic carbocycles. The van der Waals surface area contributed by atoms with E-state index in [2.05, 4.69) is 25.7 Å². The van der Waals surface area contributed by atoms with Crippen LogP contribution in [0.2, 0.25) is 0 Å². The molecule has 1 fully saturated rings. The predicted molar refractivity (Wildman–Crippen MR) is 68.5 cm³/mol. The van der Waals surface area contributed by atoms with Crippen molar-refractivity contribution in [2.75, 3.05) is 33.4 Å². The maximum Gasteiger partial charge on any atom is 0.0658 e. The zero-order chi connectivity index (χ0) is 12.2. The zero-order valence-corrected chi connectivity index (χ0v) is 11.3. The Bertz CT molecular complexity index is 204. The highest BCUT2D eigenvalue weighted by Gasteiger charge is 2.37. The molecule has 3 heteroatoms. The SMILES string of the molecule is CCC(CN)(COC)N1CCC(C)C(C)C1. The first-order valence-corrected chi connectivity index (χ1v) is 6.53. The monoisotopic (exact) mass is 228 g/mol. The number of methoxy groups -OCH3 is 1. The average molecular weight is 228 g/mol. The van der Waals surface area contributed by atoms with Crippen molar-refractivity contribution in [2.45, 2.75) is 39.2 Å². The quantitative estimate of drug-likeness (QED) is 0.778. The van der Waals surface area contributed by atoms with Gasteiger partial charge in [-0.3, -0.25) is 4.90 Å². The zero-order valence-electron chi connectivity index (χ0n) is 11.3. The Hall–Kier alpha value is -0.120. The lowest BCUT2D eigenvalue weighted by molar-refractivity contribution is -0.0211. The minimum Gasteiger partial charge on any atom is -0.383 e. The summed E-state index contributed by atoms with van der Waals surface area (Å²) in [5.74, 6) is 1.61. The van der Waals surface area contributed by atoms with Crippen molar-refractivity contribution in [1.82, 2.24) is 4.90 Å². The van der Waals surface area contributed by atoms with E-state index >= 15 is 0 Å². The maximum atomic E-state index is 5.99. The van der Waals surface area contributed by atoms with Gasteiger partial charge in [0.05, 0.1) is 12.1 Å². The molecule has 1 aliphatic rings. The summed E-state index contributed by atoms with van der Waals surface area (Å²) >= 11 is 0. The first kappa shape index (κ1) is 13.9. The first-order chi connectivity index (χ1) is 7.59. The number of rotatable bonds is 5. The van der Waals surface area contributed by atoms with Crippen LogP contribution in [-0.2, 0) is 4.74 Å². The number of hydrogen-bond acceptors (Lipinski definition) is 3. The Morgan fingerprint density at radius 2 is 2.06 bits per heavy atom. The molecule has 1 heterocycles. The van der Waals surface area contributed by atoms with Crippen molar-refractivity contribution in [2.24, 2.45) is 17.6 Å². The topological polar surface area (TPSA) is 38.5 Å². The summed E-state index contributed by atoms with van der Waals surface area (Å²) in [5, 5.41) is 0. The fourth-order valence-electron chi connectivity index (χ4n) is 2.71. The number of likely N-dealkylation sites (tertiary alicyclic amines) is 1. The highest BCUT2D eigenvalue weighted by Crippen LogP contribution is 2.29. The van der Waals surface area contributed by atoms with Crippen LogP contribution in [-0.4, -0.2) is 43.8 Å². The number of nitrogens with zero attached hydrogens (tertiary/aromatic N) is 1. The highest BCUT2D eigenvalue weighted by atomic mass is 16.5. The largest absolute Gasteiger partial charge is 0.383 e. The second-order valence-electron chi connectivity index (χ2n) is 5.40. The van der Waals surface area contributed by atoms with E-state index in [9.17, 15) is 0 Å². The third-order valence-corrected chi connectivity index (χ3v) is 4.46. The Morgan fingerprint density at radius 3 is 2.50 bits per heavy atom. The van der Waals surface area contributed by atoms with E-state index in [4.69, 9.17) is 10.5 Å². The van der Waals surface area contributed by atoms with Gasteiger partial charge in [0.25, 0.3) is 0 Å². The van der Waals surface area contributed by atoms with E-state index in [1.807, 2.05) is 0 Å². The molecule has 0 spiro atoms. The van der Waals surface area contributed by atoms with Crippen LogP contribution in [0.25, 0.3) is 0 Å². The van der Waals surface area contributed by atoms with Gasteiger partial charge in [-0.05, 0) is 31.2 Å². The summed E-state index contributed by atoms with van der Waals surface area (Å²) in [6.45, 7) is 10.7. The van der Waals surface area contributed by atoms with Gasteiger partial charge in [-0.25, -0.2) is 0 Å². The van der Waals surface area contributed by atoms with Crippen molar-refractivity contribution < 1.29 is 4.74 Å². The van der Waals surface area contributed by atoms with Crippen molar-refractivity contribution in [1.29, 1.82) is 0 Å². The predicted octanol–water partition coefficient (Wildman–Crippen LogP) is 1.72. The van der Waals surface area contributed by atoms with Gasteiger partial charge in [0, 0.05) is 20.2 Å².